The van der Waals surface area contributed by atoms with Crippen LogP contribution in [0, 0.1) is 0 Å². The Labute approximate surface area is 108 Å². The summed E-state index contributed by atoms with van der Waals surface area (Å²) in [5.74, 6) is 1.25. The summed E-state index contributed by atoms with van der Waals surface area (Å²) in [6.45, 7) is 1.71. The minimum absolute atomic E-state index is 0.418. The van der Waals surface area contributed by atoms with Gasteiger partial charge in [0.2, 0.25) is 0 Å². The first-order chi connectivity index (χ1) is 8.35. The zero-order valence-electron chi connectivity index (χ0n) is 11.0. The van der Waals surface area contributed by atoms with Crippen LogP contribution in [0.4, 0.5) is 0 Å². The van der Waals surface area contributed by atoms with Gasteiger partial charge in [0.15, 0.2) is 11.5 Å². The molecule has 0 fully saturated rings. The van der Waals surface area contributed by atoms with Crippen LogP contribution in [0.1, 0.15) is 12.5 Å². The molecule has 102 valence electrons. The molecule has 0 aliphatic carbocycles. The maximum Gasteiger partial charge on any atom is 0.264 e. The predicted octanol–water partition coefficient (Wildman–Crippen LogP) is 1.61. The van der Waals surface area contributed by atoms with Crippen LogP contribution in [-0.2, 0) is 20.7 Å². The number of benzene rings is 1. The van der Waals surface area contributed by atoms with Crippen molar-refractivity contribution in [1.82, 2.24) is 0 Å². The van der Waals surface area contributed by atoms with Crippen molar-refractivity contribution in [2.75, 3.05) is 20.5 Å². The molecular formula is C12H18O5S. The lowest BCUT2D eigenvalue weighted by molar-refractivity contribution is 0.231. The lowest BCUT2D eigenvalue weighted by Crippen LogP contribution is -2.16. The van der Waals surface area contributed by atoms with E-state index in [1.807, 2.05) is 6.07 Å². The SMILES string of the molecule is COc1ccc(C[C@@H](C)OS(C)(=O)=O)cc1OC. The fourth-order valence-electron chi connectivity index (χ4n) is 1.67. The Balaban J connectivity index is 2.79. The minimum Gasteiger partial charge on any atom is -0.493 e. The first kappa shape index (κ1) is 14.8. The monoisotopic (exact) mass is 274 g/mol. The van der Waals surface area contributed by atoms with Crippen molar-refractivity contribution >= 4 is 10.1 Å². The first-order valence-corrected chi connectivity index (χ1v) is 7.26. The molecule has 6 heteroatoms. The molecule has 1 atom stereocenters. The average Bonchev–Trinajstić information content (AvgIpc) is 2.26. The molecule has 0 N–H and O–H groups in total. The molecule has 0 aliphatic rings. The Morgan fingerprint density at radius 2 is 1.78 bits per heavy atom. The standard InChI is InChI=1S/C12H18O5S/c1-9(17-18(4,13)14)7-10-5-6-11(15-2)12(8-10)16-3/h5-6,8-9H,7H2,1-4H3/t9-/m1/s1. The van der Waals surface area contributed by atoms with Gasteiger partial charge in [-0.3, -0.25) is 4.18 Å². The normalized spacial score (nSPS) is 13.1. The molecule has 1 aromatic carbocycles. The third-order valence-electron chi connectivity index (χ3n) is 2.31. The molecule has 1 aromatic rings. The van der Waals surface area contributed by atoms with E-state index in [0.29, 0.717) is 17.9 Å². The first-order valence-electron chi connectivity index (χ1n) is 5.45. The number of hydrogen-bond donors (Lipinski definition) is 0. The van der Waals surface area contributed by atoms with Gasteiger partial charge < -0.3 is 9.47 Å². The van der Waals surface area contributed by atoms with E-state index < -0.39 is 16.2 Å². The largest absolute Gasteiger partial charge is 0.493 e. The summed E-state index contributed by atoms with van der Waals surface area (Å²) in [7, 11) is -0.312. The van der Waals surface area contributed by atoms with Crippen molar-refractivity contribution in [2.24, 2.45) is 0 Å². The molecule has 0 saturated heterocycles. The van der Waals surface area contributed by atoms with Crippen molar-refractivity contribution in [3.63, 3.8) is 0 Å². The summed E-state index contributed by atoms with van der Waals surface area (Å²) < 4.78 is 37.1. The van der Waals surface area contributed by atoms with Gasteiger partial charge in [0, 0.05) is 0 Å². The molecule has 0 amide bonds. The number of rotatable bonds is 6. The van der Waals surface area contributed by atoms with Crippen molar-refractivity contribution in [1.29, 1.82) is 0 Å². The summed E-state index contributed by atoms with van der Waals surface area (Å²) in [4.78, 5) is 0. The molecule has 0 spiro atoms. The van der Waals surface area contributed by atoms with Gasteiger partial charge in [0.25, 0.3) is 10.1 Å². The Morgan fingerprint density at radius 3 is 2.28 bits per heavy atom. The Hall–Kier alpha value is -1.27. The smallest absolute Gasteiger partial charge is 0.264 e. The minimum atomic E-state index is -3.43. The Morgan fingerprint density at radius 1 is 1.17 bits per heavy atom. The predicted molar refractivity (Wildman–Crippen MR) is 68.6 cm³/mol. The third kappa shape index (κ3) is 4.54. The van der Waals surface area contributed by atoms with Crippen LogP contribution in [0.5, 0.6) is 11.5 Å². The van der Waals surface area contributed by atoms with E-state index in [9.17, 15) is 8.42 Å². The van der Waals surface area contributed by atoms with E-state index in [4.69, 9.17) is 13.7 Å². The molecule has 5 nitrogen and oxygen atoms in total. The molecule has 18 heavy (non-hydrogen) atoms. The van der Waals surface area contributed by atoms with E-state index in [-0.39, 0.29) is 0 Å². The van der Waals surface area contributed by atoms with Crippen molar-refractivity contribution in [3.8, 4) is 11.5 Å². The van der Waals surface area contributed by atoms with Crippen LogP contribution in [0.2, 0.25) is 0 Å². The average molecular weight is 274 g/mol. The van der Waals surface area contributed by atoms with Crippen LogP contribution in [0.25, 0.3) is 0 Å². The zero-order chi connectivity index (χ0) is 13.8. The van der Waals surface area contributed by atoms with E-state index in [1.165, 1.54) is 0 Å². The van der Waals surface area contributed by atoms with Gasteiger partial charge in [-0.2, -0.15) is 8.42 Å². The second-order valence-corrected chi connectivity index (χ2v) is 5.61. The summed E-state index contributed by atoms with van der Waals surface area (Å²) >= 11 is 0. The highest BCUT2D eigenvalue weighted by molar-refractivity contribution is 7.86. The Bertz CT molecular complexity index is 495. The van der Waals surface area contributed by atoms with Gasteiger partial charge in [-0.15, -0.1) is 0 Å². The van der Waals surface area contributed by atoms with Crippen LogP contribution < -0.4 is 9.47 Å². The molecule has 0 unspecified atom stereocenters. The van der Waals surface area contributed by atoms with Gasteiger partial charge in [-0.25, -0.2) is 0 Å². The third-order valence-corrected chi connectivity index (χ3v) is 2.99. The quantitative estimate of drug-likeness (QED) is 0.737. The van der Waals surface area contributed by atoms with Crippen LogP contribution in [0.3, 0.4) is 0 Å². The van der Waals surface area contributed by atoms with Crippen LogP contribution in [0.15, 0.2) is 18.2 Å². The summed E-state index contributed by atoms with van der Waals surface area (Å²) in [5, 5.41) is 0. The summed E-state index contributed by atoms with van der Waals surface area (Å²) in [6, 6.07) is 5.44. The van der Waals surface area contributed by atoms with E-state index >= 15 is 0 Å². The van der Waals surface area contributed by atoms with Crippen molar-refractivity contribution < 1.29 is 22.1 Å². The Kier molecular flexibility index (Phi) is 4.98. The fourth-order valence-corrected chi connectivity index (χ4v) is 2.34. The molecule has 0 radical (unpaired) electrons. The molecule has 0 saturated carbocycles. The maximum absolute atomic E-state index is 11.0. The van der Waals surface area contributed by atoms with Gasteiger partial charge in [-0.05, 0) is 31.0 Å². The number of ether oxygens (including phenoxy) is 2. The van der Waals surface area contributed by atoms with E-state index in [0.717, 1.165) is 11.8 Å². The highest BCUT2D eigenvalue weighted by Crippen LogP contribution is 2.28. The number of hydrogen-bond acceptors (Lipinski definition) is 5. The zero-order valence-corrected chi connectivity index (χ0v) is 11.8. The van der Waals surface area contributed by atoms with Gasteiger partial charge in [0.1, 0.15) is 0 Å². The van der Waals surface area contributed by atoms with Crippen molar-refractivity contribution in [2.45, 2.75) is 19.4 Å². The molecule has 0 aliphatic heterocycles. The maximum atomic E-state index is 11.0. The molecular weight excluding hydrogens is 256 g/mol. The fraction of sp³-hybridized carbons (Fsp3) is 0.500. The van der Waals surface area contributed by atoms with Gasteiger partial charge in [-0.1, -0.05) is 6.07 Å². The topological polar surface area (TPSA) is 61.8 Å². The van der Waals surface area contributed by atoms with Gasteiger partial charge in [0.05, 0.1) is 26.6 Å². The van der Waals surface area contributed by atoms with Gasteiger partial charge >= 0.3 is 0 Å². The summed E-state index contributed by atoms with van der Waals surface area (Å²) in [6.07, 6.45) is 1.10. The van der Waals surface area contributed by atoms with E-state index in [1.54, 1.807) is 33.3 Å². The van der Waals surface area contributed by atoms with Crippen molar-refractivity contribution in [3.05, 3.63) is 23.8 Å². The lowest BCUT2D eigenvalue weighted by Gasteiger charge is -2.13. The molecule has 0 bridgehead atoms. The molecule has 0 aromatic heterocycles. The van der Waals surface area contributed by atoms with E-state index in [2.05, 4.69) is 0 Å². The second-order valence-electron chi connectivity index (χ2n) is 4.00. The second kappa shape index (κ2) is 6.06. The van der Waals surface area contributed by atoms with Crippen LogP contribution >= 0.6 is 0 Å². The highest BCUT2D eigenvalue weighted by Gasteiger charge is 2.12. The summed E-state index contributed by atoms with van der Waals surface area (Å²) in [5.41, 5.74) is 0.920. The lowest BCUT2D eigenvalue weighted by atomic mass is 10.1. The molecule has 1 rings (SSSR count). The number of methoxy groups -OCH3 is 2. The van der Waals surface area contributed by atoms with Crippen LogP contribution in [-0.4, -0.2) is 35.0 Å². The molecule has 0 heterocycles. The highest BCUT2D eigenvalue weighted by atomic mass is 32.2.